The van der Waals surface area contributed by atoms with Crippen LogP contribution in [0, 0.1) is 0 Å². The lowest BCUT2D eigenvalue weighted by Gasteiger charge is -2.26. The normalized spacial score (nSPS) is 16.7. The number of aliphatic carboxylic acids is 1. The Labute approximate surface area is 122 Å². The van der Waals surface area contributed by atoms with Crippen LogP contribution in [-0.2, 0) is 4.79 Å². The number of carbonyl (C=O) groups is 1. The van der Waals surface area contributed by atoms with Gasteiger partial charge in [-0.05, 0) is 30.2 Å². The number of carboxylic acid groups (broad SMARTS) is 1. The number of carboxylic acids is 1. The smallest absolute Gasteiger partial charge is 0.341 e. The van der Waals surface area contributed by atoms with Gasteiger partial charge >= 0.3 is 5.97 Å². The van der Waals surface area contributed by atoms with Gasteiger partial charge in [0.1, 0.15) is 11.5 Å². The summed E-state index contributed by atoms with van der Waals surface area (Å²) in [5.41, 5.74) is 2.39. The third-order valence-electron chi connectivity index (χ3n) is 3.60. The zero-order valence-corrected chi connectivity index (χ0v) is 11.5. The Bertz CT molecular complexity index is 633. The second-order valence-electron chi connectivity index (χ2n) is 4.98. The van der Waals surface area contributed by atoms with Crippen LogP contribution >= 0.6 is 0 Å². The Morgan fingerprint density at radius 2 is 1.95 bits per heavy atom. The predicted octanol–water partition coefficient (Wildman–Crippen LogP) is 3.06. The molecule has 1 heterocycles. The lowest BCUT2D eigenvalue weighted by Crippen LogP contribution is -2.15. The highest BCUT2D eigenvalue weighted by molar-refractivity contribution is 5.68. The fraction of sp³-hybridized carbons (Fsp3) is 0.235. The summed E-state index contributed by atoms with van der Waals surface area (Å²) in [5.74, 6) is 0.849. The van der Waals surface area contributed by atoms with Gasteiger partial charge in [-0.25, -0.2) is 4.79 Å². The van der Waals surface area contributed by atoms with E-state index in [1.807, 2.05) is 42.5 Å². The Morgan fingerprint density at radius 3 is 2.71 bits per heavy atom. The van der Waals surface area contributed by atoms with E-state index in [9.17, 15) is 4.79 Å². The first-order valence-corrected chi connectivity index (χ1v) is 6.90. The molecule has 1 aliphatic heterocycles. The molecule has 1 aliphatic rings. The Balaban J connectivity index is 1.80. The maximum absolute atomic E-state index is 10.5. The zero-order chi connectivity index (χ0) is 14.7. The van der Waals surface area contributed by atoms with Crippen molar-refractivity contribution in [3.63, 3.8) is 0 Å². The highest BCUT2D eigenvalue weighted by Crippen LogP contribution is 2.38. The standard InChI is InChI=1S/C17H16O4/c18-17(19)11-21-13-7-5-12(6-8-13)14-9-10-20-16-4-2-1-3-15(14)16/h1-8,14H,9-11H2,(H,18,19)/t14-/m0/s1. The molecule has 4 nitrogen and oxygen atoms in total. The summed E-state index contributed by atoms with van der Waals surface area (Å²) in [6.07, 6.45) is 0.937. The average molecular weight is 284 g/mol. The fourth-order valence-corrected chi connectivity index (χ4v) is 2.63. The van der Waals surface area contributed by atoms with Crippen molar-refractivity contribution in [2.24, 2.45) is 0 Å². The van der Waals surface area contributed by atoms with E-state index in [0.29, 0.717) is 18.3 Å². The molecule has 0 bridgehead atoms. The van der Waals surface area contributed by atoms with Crippen molar-refractivity contribution >= 4 is 5.97 Å². The van der Waals surface area contributed by atoms with E-state index in [1.165, 1.54) is 11.1 Å². The highest BCUT2D eigenvalue weighted by Gasteiger charge is 2.22. The summed E-state index contributed by atoms with van der Waals surface area (Å²) < 4.78 is 10.8. The van der Waals surface area contributed by atoms with Gasteiger partial charge in [0.15, 0.2) is 6.61 Å². The van der Waals surface area contributed by atoms with Crippen LogP contribution in [0.15, 0.2) is 48.5 Å². The summed E-state index contributed by atoms with van der Waals surface area (Å²) in [6.45, 7) is 0.387. The van der Waals surface area contributed by atoms with Gasteiger partial charge in [0.25, 0.3) is 0 Å². The van der Waals surface area contributed by atoms with Gasteiger partial charge in [-0.1, -0.05) is 30.3 Å². The summed E-state index contributed by atoms with van der Waals surface area (Å²) in [4.78, 5) is 10.5. The Kier molecular flexibility index (Phi) is 3.77. The first-order chi connectivity index (χ1) is 10.2. The lowest BCUT2D eigenvalue weighted by molar-refractivity contribution is -0.139. The molecule has 0 radical (unpaired) electrons. The summed E-state index contributed by atoms with van der Waals surface area (Å²) >= 11 is 0. The molecular weight excluding hydrogens is 268 g/mol. The molecule has 0 saturated carbocycles. The number of para-hydroxylation sites is 1. The molecule has 0 spiro atoms. The number of ether oxygens (including phenoxy) is 2. The molecule has 4 heteroatoms. The van der Waals surface area contributed by atoms with Crippen molar-refractivity contribution in [2.45, 2.75) is 12.3 Å². The summed E-state index contributed by atoms with van der Waals surface area (Å²) in [7, 11) is 0. The molecule has 2 aromatic rings. The Morgan fingerprint density at radius 1 is 1.19 bits per heavy atom. The molecule has 21 heavy (non-hydrogen) atoms. The minimum Gasteiger partial charge on any atom is -0.493 e. The zero-order valence-electron chi connectivity index (χ0n) is 11.5. The molecule has 0 fully saturated rings. The third kappa shape index (κ3) is 2.99. The van der Waals surface area contributed by atoms with Gasteiger partial charge in [0, 0.05) is 11.5 Å². The molecule has 0 unspecified atom stereocenters. The molecule has 0 aromatic heterocycles. The fourth-order valence-electron chi connectivity index (χ4n) is 2.63. The maximum atomic E-state index is 10.5. The van der Waals surface area contributed by atoms with Crippen molar-refractivity contribution in [3.8, 4) is 11.5 Å². The van der Waals surface area contributed by atoms with Crippen LogP contribution in [0.2, 0.25) is 0 Å². The second-order valence-corrected chi connectivity index (χ2v) is 4.98. The van der Waals surface area contributed by atoms with Gasteiger partial charge in [0.2, 0.25) is 0 Å². The minimum absolute atomic E-state index is 0.309. The third-order valence-corrected chi connectivity index (χ3v) is 3.60. The molecule has 108 valence electrons. The number of rotatable bonds is 4. The number of hydrogen-bond donors (Lipinski definition) is 1. The van der Waals surface area contributed by atoms with Crippen LogP contribution in [0.3, 0.4) is 0 Å². The van der Waals surface area contributed by atoms with E-state index in [-0.39, 0.29) is 6.61 Å². The first kappa shape index (κ1) is 13.5. The van der Waals surface area contributed by atoms with Crippen molar-refractivity contribution in [3.05, 3.63) is 59.7 Å². The van der Waals surface area contributed by atoms with Crippen molar-refractivity contribution in [2.75, 3.05) is 13.2 Å². The van der Waals surface area contributed by atoms with Crippen molar-refractivity contribution in [1.29, 1.82) is 0 Å². The van der Waals surface area contributed by atoms with E-state index in [0.717, 1.165) is 12.2 Å². The van der Waals surface area contributed by atoms with Crippen LogP contribution in [0.4, 0.5) is 0 Å². The SMILES string of the molecule is O=C(O)COc1ccc([C@@H]2CCOc3ccccc32)cc1. The molecule has 1 atom stereocenters. The molecule has 2 aromatic carbocycles. The van der Waals surface area contributed by atoms with Crippen LogP contribution in [0.5, 0.6) is 11.5 Å². The van der Waals surface area contributed by atoms with E-state index in [1.54, 1.807) is 0 Å². The van der Waals surface area contributed by atoms with Crippen LogP contribution in [0.25, 0.3) is 0 Å². The highest BCUT2D eigenvalue weighted by atomic mass is 16.5. The monoisotopic (exact) mass is 284 g/mol. The summed E-state index contributed by atoms with van der Waals surface area (Å²) in [6, 6.07) is 15.7. The van der Waals surface area contributed by atoms with E-state index in [4.69, 9.17) is 14.6 Å². The van der Waals surface area contributed by atoms with Gasteiger partial charge < -0.3 is 14.6 Å². The Hall–Kier alpha value is -2.49. The largest absolute Gasteiger partial charge is 0.493 e. The minimum atomic E-state index is -0.975. The van der Waals surface area contributed by atoms with Crippen LogP contribution < -0.4 is 9.47 Å². The molecule has 0 saturated heterocycles. The topological polar surface area (TPSA) is 55.8 Å². The number of fused-ring (bicyclic) bond motifs is 1. The molecule has 3 rings (SSSR count). The average Bonchev–Trinajstić information content (AvgIpc) is 2.53. The van der Waals surface area contributed by atoms with Crippen molar-refractivity contribution < 1.29 is 19.4 Å². The van der Waals surface area contributed by atoms with E-state index in [2.05, 4.69) is 6.07 Å². The van der Waals surface area contributed by atoms with Gasteiger partial charge in [0.05, 0.1) is 6.61 Å². The maximum Gasteiger partial charge on any atom is 0.341 e. The molecule has 1 N–H and O–H groups in total. The quantitative estimate of drug-likeness (QED) is 0.937. The van der Waals surface area contributed by atoms with Gasteiger partial charge in [-0.15, -0.1) is 0 Å². The van der Waals surface area contributed by atoms with Gasteiger partial charge in [-0.2, -0.15) is 0 Å². The lowest BCUT2D eigenvalue weighted by atomic mass is 9.87. The van der Waals surface area contributed by atoms with E-state index >= 15 is 0 Å². The molecular formula is C17H16O4. The summed E-state index contributed by atoms with van der Waals surface area (Å²) in [5, 5.41) is 8.60. The molecule has 0 amide bonds. The molecule has 0 aliphatic carbocycles. The second kappa shape index (κ2) is 5.87. The van der Waals surface area contributed by atoms with Crippen LogP contribution in [0.1, 0.15) is 23.5 Å². The van der Waals surface area contributed by atoms with E-state index < -0.39 is 5.97 Å². The predicted molar refractivity (Wildman–Crippen MR) is 78.0 cm³/mol. The van der Waals surface area contributed by atoms with Gasteiger partial charge in [-0.3, -0.25) is 0 Å². The number of benzene rings is 2. The van der Waals surface area contributed by atoms with Crippen LogP contribution in [-0.4, -0.2) is 24.3 Å². The van der Waals surface area contributed by atoms with Crippen molar-refractivity contribution in [1.82, 2.24) is 0 Å². The first-order valence-electron chi connectivity index (χ1n) is 6.90. The number of hydrogen-bond acceptors (Lipinski definition) is 3.